The number of carbonyl (C=O) groups is 1. The smallest absolute Gasteiger partial charge is 0.416 e. The minimum atomic E-state index is -4.33. The van der Waals surface area contributed by atoms with Crippen LogP contribution in [0.15, 0.2) is 48.5 Å². The Morgan fingerprint density at radius 2 is 1.64 bits per heavy atom. The number of halogens is 3. The fourth-order valence-electron chi connectivity index (χ4n) is 1.98. The third kappa shape index (κ3) is 4.33. The molecule has 0 amide bonds. The van der Waals surface area contributed by atoms with Gasteiger partial charge in [0.1, 0.15) is 0 Å². The van der Waals surface area contributed by atoms with E-state index in [1.807, 2.05) is 0 Å². The fraction of sp³-hybridized carbons (Fsp3) is 0.188. The topological polar surface area (TPSA) is 49.3 Å². The highest BCUT2D eigenvalue weighted by Gasteiger charge is 2.29. The third-order valence-electron chi connectivity index (χ3n) is 3.11. The van der Waals surface area contributed by atoms with Crippen molar-refractivity contribution in [1.82, 2.24) is 5.32 Å². The van der Waals surface area contributed by atoms with Crippen LogP contribution in [0.1, 0.15) is 27.0 Å². The average molecular weight is 309 g/mol. The minimum Gasteiger partial charge on any atom is -0.478 e. The lowest BCUT2D eigenvalue weighted by atomic mass is 10.1. The van der Waals surface area contributed by atoms with Gasteiger partial charge in [-0.05, 0) is 35.4 Å². The molecule has 22 heavy (non-hydrogen) atoms. The summed E-state index contributed by atoms with van der Waals surface area (Å²) in [5.74, 6) is -0.996. The van der Waals surface area contributed by atoms with E-state index in [-0.39, 0.29) is 5.56 Å². The monoisotopic (exact) mass is 309 g/mol. The van der Waals surface area contributed by atoms with Crippen molar-refractivity contribution < 1.29 is 23.1 Å². The van der Waals surface area contributed by atoms with E-state index < -0.39 is 17.7 Å². The van der Waals surface area contributed by atoms with Gasteiger partial charge in [-0.2, -0.15) is 13.2 Å². The lowest BCUT2D eigenvalue weighted by molar-refractivity contribution is -0.137. The zero-order valence-corrected chi connectivity index (χ0v) is 11.5. The highest BCUT2D eigenvalue weighted by molar-refractivity contribution is 5.87. The van der Waals surface area contributed by atoms with Crippen LogP contribution in [0.5, 0.6) is 0 Å². The molecule has 0 spiro atoms. The molecule has 0 bridgehead atoms. The number of aromatic carboxylic acids is 1. The van der Waals surface area contributed by atoms with Crippen molar-refractivity contribution in [3.8, 4) is 0 Å². The minimum absolute atomic E-state index is 0.203. The zero-order valence-electron chi connectivity index (χ0n) is 11.5. The first-order valence-corrected chi connectivity index (χ1v) is 6.55. The molecule has 0 aliphatic rings. The summed E-state index contributed by atoms with van der Waals surface area (Å²) in [6, 6.07) is 11.4. The molecule has 0 aliphatic carbocycles. The molecule has 2 aromatic rings. The molecule has 0 unspecified atom stereocenters. The summed E-state index contributed by atoms with van der Waals surface area (Å²) in [6.45, 7) is 0.831. The van der Waals surface area contributed by atoms with Crippen molar-refractivity contribution in [2.24, 2.45) is 0 Å². The summed E-state index contributed by atoms with van der Waals surface area (Å²) in [5.41, 5.74) is 1.05. The largest absolute Gasteiger partial charge is 0.478 e. The predicted molar refractivity (Wildman–Crippen MR) is 75.4 cm³/mol. The summed E-state index contributed by atoms with van der Waals surface area (Å²) >= 11 is 0. The van der Waals surface area contributed by atoms with Crippen molar-refractivity contribution in [2.75, 3.05) is 0 Å². The Labute approximate surface area is 125 Å². The molecule has 0 atom stereocenters. The molecule has 0 saturated heterocycles. The van der Waals surface area contributed by atoms with Gasteiger partial charge in [0.05, 0.1) is 11.1 Å². The van der Waals surface area contributed by atoms with Crippen LogP contribution in [0.4, 0.5) is 13.2 Å². The van der Waals surface area contributed by atoms with Crippen LogP contribution in [-0.4, -0.2) is 11.1 Å². The van der Waals surface area contributed by atoms with E-state index in [9.17, 15) is 18.0 Å². The summed E-state index contributed by atoms with van der Waals surface area (Å²) in [6.07, 6.45) is -4.33. The van der Waals surface area contributed by atoms with Gasteiger partial charge >= 0.3 is 12.1 Å². The van der Waals surface area contributed by atoms with Crippen molar-refractivity contribution >= 4 is 5.97 Å². The van der Waals surface area contributed by atoms with Gasteiger partial charge < -0.3 is 10.4 Å². The molecule has 3 nitrogen and oxygen atoms in total. The van der Waals surface area contributed by atoms with Gasteiger partial charge in [0.2, 0.25) is 0 Å². The summed E-state index contributed by atoms with van der Waals surface area (Å²) in [7, 11) is 0. The first-order chi connectivity index (χ1) is 10.4. The van der Waals surface area contributed by atoms with Gasteiger partial charge in [0.25, 0.3) is 0 Å². The molecule has 2 N–H and O–H groups in total. The number of benzene rings is 2. The second-order valence-electron chi connectivity index (χ2n) is 4.80. The molecule has 0 heterocycles. The molecule has 0 fully saturated rings. The van der Waals surface area contributed by atoms with Crippen molar-refractivity contribution in [3.05, 3.63) is 70.8 Å². The number of hydrogen-bond acceptors (Lipinski definition) is 2. The van der Waals surface area contributed by atoms with E-state index in [0.29, 0.717) is 13.1 Å². The van der Waals surface area contributed by atoms with Crippen LogP contribution in [0.3, 0.4) is 0 Å². The molecule has 116 valence electrons. The number of alkyl halides is 3. The Balaban J connectivity index is 1.91. The normalized spacial score (nSPS) is 11.4. The Morgan fingerprint density at radius 3 is 2.23 bits per heavy atom. The quantitative estimate of drug-likeness (QED) is 0.885. The first-order valence-electron chi connectivity index (χ1n) is 6.55. The standard InChI is InChI=1S/C16H14F3NO2/c17-16(18,19)14-6-4-11(5-7-14)9-20-10-12-2-1-3-13(8-12)15(21)22/h1-8,20H,9-10H2,(H,21,22). The number of carboxylic acids is 1. The molecule has 2 rings (SSSR count). The van der Waals surface area contributed by atoms with Crippen molar-refractivity contribution in [2.45, 2.75) is 19.3 Å². The lowest BCUT2D eigenvalue weighted by Gasteiger charge is -2.09. The van der Waals surface area contributed by atoms with E-state index in [4.69, 9.17) is 5.11 Å². The van der Waals surface area contributed by atoms with Crippen LogP contribution < -0.4 is 5.32 Å². The highest BCUT2D eigenvalue weighted by atomic mass is 19.4. The van der Waals surface area contributed by atoms with Crippen molar-refractivity contribution in [3.63, 3.8) is 0 Å². The predicted octanol–water partition coefficient (Wildman–Crippen LogP) is 3.69. The molecule has 6 heteroatoms. The van der Waals surface area contributed by atoms with Gasteiger partial charge in [0.15, 0.2) is 0 Å². The van der Waals surface area contributed by atoms with E-state index in [1.165, 1.54) is 18.2 Å². The van der Waals surface area contributed by atoms with Crippen LogP contribution in [0.25, 0.3) is 0 Å². The second-order valence-corrected chi connectivity index (χ2v) is 4.80. The van der Waals surface area contributed by atoms with Crippen LogP contribution in [0, 0.1) is 0 Å². The van der Waals surface area contributed by atoms with Gasteiger partial charge in [-0.15, -0.1) is 0 Å². The van der Waals surface area contributed by atoms with Crippen LogP contribution in [-0.2, 0) is 19.3 Å². The van der Waals surface area contributed by atoms with E-state index in [2.05, 4.69) is 5.32 Å². The summed E-state index contributed by atoms with van der Waals surface area (Å²) in [4.78, 5) is 10.8. The molecule has 0 aliphatic heterocycles. The Morgan fingerprint density at radius 1 is 1.00 bits per heavy atom. The van der Waals surface area contributed by atoms with E-state index >= 15 is 0 Å². The molecule has 0 saturated carbocycles. The molecule has 2 aromatic carbocycles. The van der Waals surface area contributed by atoms with E-state index in [1.54, 1.807) is 18.2 Å². The Kier molecular flexibility index (Phi) is 4.82. The number of rotatable bonds is 5. The van der Waals surface area contributed by atoms with Gasteiger partial charge in [-0.1, -0.05) is 24.3 Å². The zero-order chi connectivity index (χ0) is 16.2. The molecular weight excluding hydrogens is 295 g/mol. The maximum atomic E-state index is 12.4. The summed E-state index contributed by atoms with van der Waals surface area (Å²) in [5, 5.41) is 12.0. The maximum absolute atomic E-state index is 12.4. The molecule has 0 radical (unpaired) electrons. The summed E-state index contributed by atoms with van der Waals surface area (Å²) < 4.78 is 37.3. The Hall–Kier alpha value is -2.34. The van der Waals surface area contributed by atoms with Gasteiger partial charge in [-0.25, -0.2) is 4.79 Å². The second kappa shape index (κ2) is 6.62. The van der Waals surface area contributed by atoms with Gasteiger partial charge in [0, 0.05) is 13.1 Å². The maximum Gasteiger partial charge on any atom is 0.416 e. The first kappa shape index (κ1) is 16.0. The van der Waals surface area contributed by atoms with Crippen molar-refractivity contribution in [1.29, 1.82) is 0 Å². The van der Waals surface area contributed by atoms with Crippen LogP contribution in [0.2, 0.25) is 0 Å². The number of nitrogens with one attached hydrogen (secondary N) is 1. The fourth-order valence-corrected chi connectivity index (χ4v) is 1.98. The Bertz CT molecular complexity index is 651. The highest BCUT2D eigenvalue weighted by Crippen LogP contribution is 2.29. The van der Waals surface area contributed by atoms with Gasteiger partial charge in [-0.3, -0.25) is 0 Å². The van der Waals surface area contributed by atoms with E-state index in [0.717, 1.165) is 23.3 Å². The lowest BCUT2D eigenvalue weighted by Crippen LogP contribution is -2.13. The number of carboxylic acid groups (broad SMARTS) is 1. The SMILES string of the molecule is O=C(O)c1cccc(CNCc2ccc(C(F)(F)F)cc2)c1. The van der Waals surface area contributed by atoms with Crippen LogP contribution >= 0.6 is 0 Å². The third-order valence-corrected chi connectivity index (χ3v) is 3.11. The molecular formula is C16H14F3NO2. The molecule has 0 aromatic heterocycles. The average Bonchev–Trinajstić information content (AvgIpc) is 2.47. The number of hydrogen-bond donors (Lipinski definition) is 2.